The Hall–Kier alpha value is -1.68. The molecule has 0 aliphatic heterocycles. The van der Waals surface area contributed by atoms with Crippen molar-refractivity contribution in [2.45, 2.75) is 44.6 Å². The lowest BCUT2D eigenvalue weighted by Gasteiger charge is -2.23. The molecule has 4 heteroatoms. The van der Waals surface area contributed by atoms with Crippen molar-refractivity contribution in [1.82, 2.24) is 10.1 Å². The first-order valence-corrected chi connectivity index (χ1v) is 7.38. The van der Waals surface area contributed by atoms with E-state index in [0.717, 1.165) is 30.1 Å². The van der Waals surface area contributed by atoms with Crippen LogP contribution < -0.4 is 5.73 Å². The van der Waals surface area contributed by atoms with Gasteiger partial charge < -0.3 is 10.3 Å². The molecule has 1 aromatic heterocycles. The van der Waals surface area contributed by atoms with Crippen molar-refractivity contribution < 1.29 is 4.52 Å². The highest BCUT2D eigenvalue weighted by atomic mass is 16.5. The van der Waals surface area contributed by atoms with E-state index in [1.54, 1.807) is 0 Å². The molecule has 1 saturated carbocycles. The van der Waals surface area contributed by atoms with Crippen LogP contribution in [0.4, 0.5) is 0 Å². The number of hydrogen-bond acceptors (Lipinski definition) is 4. The number of rotatable bonds is 3. The molecule has 0 saturated heterocycles. The van der Waals surface area contributed by atoms with Gasteiger partial charge in [0.15, 0.2) is 5.82 Å². The molecule has 2 N–H and O–H groups in total. The standard InChI is InChI=1S/C16H21N3O/c1-11-7-9-13(10-8-11)15-18-16(20-19-15)14(17)12-5-3-2-4-6-12/h2-6,11,13-14H,7-10,17H2,1H3/t11?,13?,14-/m0/s1. The Labute approximate surface area is 119 Å². The van der Waals surface area contributed by atoms with Gasteiger partial charge in [0.1, 0.15) is 6.04 Å². The Morgan fingerprint density at radius 2 is 1.85 bits per heavy atom. The fourth-order valence-electron chi connectivity index (χ4n) is 2.86. The van der Waals surface area contributed by atoms with Crippen LogP contribution in [0.3, 0.4) is 0 Å². The van der Waals surface area contributed by atoms with Gasteiger partial charge in [-0.25, -0.2) is 0 Å². The lowest BCUT2D eigenvalue weighted by molar-refractivity contribution is 0.322. The van der Waals surface area contributed by atoms with Gasteiger partial charge in [-0.15, -0.1) is 0 Å². The van der Waals surface area contributed by atoms with Crippen LogP contribution in [-0.2, 0) is 0 Å². The average molecular weight is 271 g/mol. The maximum atomic E-state index is 6.18. The fraction of sp³-hybridized carbons (Fsp3) is 0.500. The minimum atomic E-state index is -0.333. The third-order valence-corrected chi connectivity index (χ3v) is 4.26. The summed E-state index contributed by atoms with van der Waals surface area (Å²) in [5, 5.41) is 4.15. The highest BCUT2D eigenvalue weighted by Crippen LogP contribution is 2.34. The summed E-state index contributed by atoms with van der Waals surface area (Å²) in [5.41, 5.74) is 7.18. The zero-order chi connectivity index (χ0) is 13.9. The van der Waals surface area contributed by atoms with Crippen LogP contribution in [0.25, 0.3) is 0 Å². The van der Waals surface area contributed by atoms with Crippen LogP contribution in [0.15, 0.2) is 34.9 Å². The molecule has 1 atom stereocenters. The predicted octanol–water partition coefficient (Wildman–Crippen LogP) is 3.41. The minimum absolute atomic E-state index is 0.333. The van der Waals surface area contributed by atoms with Gasteiger partial charge in [-0.3, -0.25) is 0 Å². The van der Waals surface area contributed by atoms with Gasteiger partial charge in [-0.05, 0) is 24.3 Å². The van der Waals surface area contributed by atoms with Crippen LogP contribution in [0.5, 0.6) is 0 Å². The number of aromatic nitrogens is 2. The quantitative estimate of drug-likeness (QED) is 0.929. The molecular formula is C16H21N3O. The molecule has 1 aliphatic rings. The molecule has 2 aromatic rings. The summed E-state index contributed by atoms with van der Waals surface area (Å²) in [5.74, 6) is 2.61. The maximum Gasteiger partial charge on any atom is 0.248 e. The predicted molar refractivity (Wildman–Crippen MR) is 77.1 cm³/mol. The van der Waals surface area contributed by atoms with E-state index in [4.69, 9.17) is 10.3 Å². The van der Waals surface area contributed by atoms with Crippen molar-refractivity contribution in [3.8, 4) is 0 Å². The lowest BCUT2D eigenvalue weighted by atomic mass is 9.83. The van der Waals surface area contributed by atoms with Gasteiger partial charge in [-0.2, -0.15) is 4.98 Å². The van der Waals surface area contributed by atoms with Crippen molar-refractivity contribution >= 4 is 0 Å². The van der Waals surface area contributed by atoms with Gasteiger partial charge in [0.05, 0.1) is 0 Å². The van der Waals surface area contributed by atoms with Crippen LogP contribution in [-0.4, -0.2) is 10.1 Å². The molecular weight excluding hydrogens is 250 g/mol. The second-order valence-electron chi connectivity index (χ2n) is 5.84. The summed E-state index contributed by atoms with van der Waals surface area (Å²) in [6.45, 7) is 2.31. The third-order valence-electron chi connectivity index (χ3n) is 4.26. The van der Waals surface area contributed by atoms with E-state index >= 15 is 0 Å². The molecule has 0 amide bonds. The summed E-state index contributed by atoms with van der Waals surface area (Å²) in [4.78, 5) is 4.53. The van der Waals surface area contributed by atoms with Gasteiger partial charge in [0.2, 0.25) is 5.89 Å². The minimum Gasteiger partial charge on any atom is -0.337 e. The van der Waals surface area contributed by atoms with Gasteiger partial charge in [-0.1, -0.05) is 55.3 Å². The van der Waals surface area contributed by atoms with Crippen LogP contribution in [0.1, 0.15) is 61.8 Å². The van der Waals surface area contributed by atoms with Crippen molar-refractivity contribution in [2.24, 2.45) is 11.7 Å². The van der Waals surface area contributed by atoms with Crippen LogP contribution in [0, 0.1) is 5.92 Å². The van der Waals surface area contributed by atoms with Gasteiger partial charge in [0, 0.05) is 5.92 Å². The first-order valence-electron chi connectivity index (χ1n) is 7.38. The number of hydrogen-bond donors (Lipinski definition) is 1. The Bertz CT molecular complexity index is 544. The Morgan fingerprint density at radius 1 is 1.15 bits per heavy atom. The lowest BCUT2D eigenvalue weighted by Crippen LogP contribution is -2.14. The molecule has 106 valence electrons. The normalized spacial score (nSPS) is 24.5. The van der Waals surface area contributed by atoms with E-state index < -0.39 is 0 Å². The van der Waals surface area contributed by atoms with E-state index in [-0.39, 0.29) is 6.04 Å². The third kappa shape index (κ3) is 2.75. The highest BCUT2D eigenvalue weighted by molar-refractivity contribution is 5.23. The fourth-order valence-corrected chi connectivity index (χ4v) is 2.86. The SMILES string of the molecule is CC1CCC(c2noc([C@@H](N)c3ccccc3)n2)CC1. The summed E-state index contributed by atoms with van der Waals surface area (Å²) < 4.78 is 5.37. The monoisotopic (exact) mass is 271 g/mol. The first-order chi connectivity index (χ1) is 9.74. The van der Waals surface area contributed by atoms with Crippen molar-refractivity contribution in [2.75, 3.05) is 0 Å². The number of nitrogens with two attached hydrogens (primary N) is 1. The molecule has 1 heterocycles. The molecule has 1 fully saturated rings. The molecule has 1 aliphatic carbocycles. The van der Waals surface area contributed by atoms with E-state index in [0.29, 0.717) is 11.8 Å². The summed E-state index contributed by atoms with van der Waals surface area (Å²) in [7, 11) is 0. The molecule has 1 aromatic carbocycles. The molecule has 0 bridgehead atoms. The molecule has 20 heavy (non-hydrogen) atoms. The average Bonchev–Trinajstić information content (AvgIpc) is 2.98. The molecule has 0 spiro atoms. The van der Waals surface area contributed by atoms with Gasteiger partial charge >= 0.3 is 0 Å². The summed E-state index contributed by atoms with van der Waals surface area (Å²) in [6, 6.07) is 9.54. The summed E-state index contributed by atoms with van der Waals surface area (Å²) in [6.07, 6.45) is 4.81. The Kier molecular flexibility index (Phi) is 3.83. The van der Waals surface area contributed by atoms with Gasteiger partial charge in [0.25, 0.3) is 0 Å². The van der Waals surface area contributed by atoms with E-state index in [1.165, 1.54) is 12.8 Å². The van der Waals surface area contributed by atoms with E-state index in [2.05, 4.69) is 17.1 Å². The van der Waals surface area contributed by atoms with E-state index in [1.807, 2.05) is 30.3 Å². The largest absolute Gasteiger partial charge is 0.337 e. The van der Waals surface area contributed by atoms with Crippen molar-refractivity contribution in [1.29, 1.82) is 0 Å². The smallest absolute Gasteiger partial charge is 0.248 e. The highest BCUT2D eigenvalue weighted by Gasteiger charge is 2.25. The second kappa shape index (κ2) is 5.75. The van der Waals surface area contributed by atoms with Crippen molar-refractivity contribution in [3.05, 3.63) is 47.6 Å². The molecule has 0 radical (unpaired) electrons. The topological polar surface area (TPSA) is 64.9 Å². The van der Waals surface area contributed by atoms with Crippen LogP contribution >= 0.6 is 0 Å². The zero-order valence-electron chi connectivity index (χ0n) is 11.8. The maximum absolute atomic E-state index is 6.18. The molecule has 3 rings (SSSR count). The zero-order valence-corrected chi connectivity index (χ0v) is 11.8. The number of nitrogens with zero attached hydrogens (tertiary/aromatic N) is 2. The molecule has 4 nitrogen and oxygen atoms in total. The molecule has 0 unspecified atom stereocenters. The second-order valence-corrected chi connectivity index (χ2v) is 5.84. The Morgan fingerprint density at radius 3 is 2.55 bits per heavy atom. The summed E-state index contributed by atoms with van der Waals surface area (Å²) >= 11 is 0. The number of benzene rings is 1. The van der Waals surface area contributed by atoms with Crippen molar-refractivity contribution in [3.63, 3.8) is 0 Å². The Balaban J connectivity index is 1.73. The van der Waals surface area contributed by atoms with E-state index in [9.17, 15) is 0 Å². The van der Waals surface area contributed by atoms with Crippen LogP contribution in [0.2, 0.25) is 0 Å². The first kappa shape index (κ1) is 13.3.